The van der Waals surface area contributed by atoms with E-state index in [2.05, 4.69) is 16.0 Å². The molecule has 2 nitrogen and oxygen atoms in total. The minimum absolute atomic E-state index is 0.0577. The standard InChI is InChI=1S/C14H17F2NO/c1-3-4-7-10-17-11(2)12-8-5-6-9-13(12)18-14(15)16/h1,5-6,8-9,11,14,17H,4,7,10H2,2H3. The Morgan fingerprint density at radius 2 is 2.11 bits per heavy atom. The topological polar surface area (TPSA) is 21.3 Å². The maximum atomic E-state index is 12.3. The largest absolute Gasteiger partial charge is 0.434 e. The van der Waals surface area contributed by atoms with Crippen LogP contribution in [0.3, 0.4) is 0 Å². The van der Waals surface area contributed by atoms with Gasteiger partial charge in [-0.1, -0.05) is 18.2 Å². The zero-order valence-corrected chi connectivity index (χ0v) is 10.3. The van der Waals surface area contributed by atoms with Crippen LogP contribution in [0.2, 0.25) is 0 Å². The van der Waals surface area contributed by atoms with Gasteiger partial charge in [0.25, 0.3) is 0 Å². The van der Waals surface area contributed by atoms with Crippen molar-refractivity contribution in [3.05, 3.63) is 29.8 Å². The number of benzene rings is 1. The van der Waals surface area contributed by atoms with Crippen LogP contribution in [0.25, 0.3) is 0 Å². The Hall–Kier alpha value is -1.60. The van der Waals surface area contributed by atoms with E-state index in [1.54, 1.807) is 24.3 Å². The highest BCUT2D eigenvalue weighted by molar-refractivity contribution is 5.35. The number of para-hydroxylation sites is 1. The molecule has 0 aliphatic carbocycles. The number of terminal acetylenes is 1. The minimum atomic E-state index is -2.81. The smallest absolute Gasteiger partial charge is 0.387 e. The third-order valence-electron chi connectivity index (χ3n) is 2.55. The molecular formula is C14H17F2NO. The fourth-order valence-electron chi connectivity index (χ4n) is 1.66. The molecule has 1 aromatic carbocycles. The van der Waals surface area contributed by atoms with Gasteiger partial charge in [0.05, 0.1) is 0 Å². The van der Waals surface area contributed by atoms with Gasteiger partial charge in [0.2, 0.25) is 0 Å². The average Bonchev–Trinajstić information content (AvgIpc) is 2.34. The molecule has 0 bridgehead atoms. The molecular weight excluding hydrogens is 236 g/mol. The molecule has 0 radical (unpaired) electrons. The number of hydrogen-bond acceptors (Lipinski definition) is 2. The normalized spacial score (nSPS) is 12.2. The van der Waals surface area contributed by atoms with Crippen LogP contribution in [0.1, 0.15) is 31.4 Å². The van der Waals surface area contributed by atoms with Crippen LogP contribution < -0.4 is 10.1 Å². The molecule has 0 saturated heterocycles. The third-order valence-corrected chi connectivity index (χ3v) is 2.55. The number of unbranched alkanes of at least 4 members (excludes halogenated alkanes) is 1. The van der Waals surface area contributed by atoms with Gasteiger partial charge in [0, 0.05) is 18.0 Å². The highest BCUT2D eigenvalue weighted by Gasteiger charge is 2.13. The van der Waals surface area contributed by atoms with Crippen molar-refractivity contribution in [1.29, 1.82) is 0 Å². The number of alkyl halides is 2. The monoisotopic (exact) mass is 253 g/mol. The van der Waals surface area contributed by atoms with E-state index in [0.717, 1.165) is 18.5 Å². The number of halogens is 2. The summed E-state index contributed by atoms with van der Waals surface area (Å²) in [4.78, 5) is 0. The summed E-state index contributed by atoms with van der Waals surface area (Å²) < 4.78 is 29.0. The van der Waals surface area contributed by atoms with Gasteiger partial charge in [-0.05, 0) is 26.0 Å². The van der Waals surface area contributed by atoms with E-state index in [-0.39, 0.29) is 11.8 Å². The summed E-state index contributed by atoms with van der Waals surface area (Å²) >= 11 is 0. The minimum Gasteiger partial charge on any atom is -0.434 e. The van der Waals surface area contributed by atoms with Gasteiger partial charge < -0.3 is 10.1 Å². The Labute approximate surface area is 106 Å². The van der Waals surface area contributed by atoms with Crippen LogP contribution in [0, 0.1) is 12.3 Å². The van der Waals surface area contributed by atoms with Gasteiger partial charge in [-0.25, -0.2) is 0 Å². The molecule has 0 fully saturated rings. The van der Waals surface area contributed by atoms with Crippen molar-refractivity contribution < 1.29 is 13.5 Å². The molecule has 1 N–H and O–H groups in total. The van der Waals surface area contributed by atoms with Gasteiger partial charge in [-0.2, -0.15) is 8.78 Å². The highest BCUT2D eigenvalue weighted by Crippen LogP contribution is 2.26. The summed E-state index contributed by atoms with van der Waals surface area (Å²) in [5.41, 5.74) is 0.721. The lowest BCUT2D eigenvalue weighted by Gasteiger charge is -2.17. The first-order chi connectivity index (χ1) is 8.65. The molecule has 98 valence electrons. The van der Waals surface area contributed by atoms with Crippen LogP contribution in [0.5, 0.6) is 5.75 Å². The van der Waals surface area contributed by atoms with Crippen LogP contribution in [0.15, 0.2) is 24.3 Å². The molecule has 0 heterocycles. The molecule has 0 aliphatic rings. The van der Waals surface area contributed by atoms with Gasteiger partial charge >= 0.3 is 6.61 Å². The summed E-state index contributed by atoms with van der Waals surface area (Å²) in [5.74, 6) is 2.77. The van der Waals surface area contributed by atoms with E-state index in [4.69, 9.17) is 6.42 Å². The molecule has 18 heavy (non-hydrogen) atoms. The number of rotatable bonds is 7. The Kier molecular flexibility index (Phi) is 6.16. The van der Waals surface area contributed by atoms with Crippen LogP contribution in [-0.4, -0.2) is 13.2 Å². The Morgan fingerprint density at radius 1 is 1.39 bits per heavy atom. The van der Waals surface area contributed by atoms with Gasteiger partial charge in [-0.3, -0.25) is 0 Å². The Balaban J connectivity index is 2.61. The van der Waals surface area contributed by atoms with E-state index in [0.29, 0.717) is 6.42 Å². The lowest BCUT2D eigenvalue weighted by Crippen LogP contribution is -2.20. The van der Waals surface area contributed by atoms with E-state index >= 15 is 0 Å². The quantitative estimate of drug-likeness (QED) is 0.594. The fraction of sp³-hybridized carbons (Fsp3) is 0.429. The molecule has 4 heteroatoms. The van der Waals surface area contributed by atoms with Crippen molar-refractivity contribution in [2.24, 2.45) is 0 Å². The second-order valence-corrected chi connectivity index (χ2v) is 3.90. The molecule has 1 atom stereocenters. The first-order valence-corrected chi connectivity index (χ1v) is 5.85. The molecule has 0 aliphatic heterocycles. The second-order valence-electron chi connectivity index (χ2n) is 3.90. The lowest BCUT2D eigenvalue weighted by atomic mass is 10.1. The number of ether oxygens (including phenoxy) is 1. The zero-order chi connectivity index (χ0) is 13.4. The summed E-state index contributed by atoms with van der Waals surface area (Å²) in [6.07, 6.45) is 6.72. The summed E-state index contributed by atoms with van der Waals surface area (Å²) in [6.45, 7) is -0.155. The SMILES string of the molecule is C#CCCCNC(C)c1ccccc1OC(F)F. The van der Waals surface area contributed by atoms with Crippen molar-refractivity contribution >= 4 is 0 Å². The molecule has 1 unspecified atom stereocenters. The van der Waals surface area contributed by atoms with Crippen molar-refractivity contribution in [2.75, 3.05) is 6.54 Å². The lowest BCUT2D eigenvalue weighted by molar-refractivity contribution is -0.0506. The van der Waals surface area contributed by atoms with Crippen LogP contribution in [0.4, 0.5) is 8.78 Å². The fourth-order valence-corrected chi connectivity index (χ4v) is 1.66. The van der Waals surface area contributed by atoms with E-state index in [9.17, 15) is 8.78 Å². The maximum Gasteiger partial charge on any atom is 0.387 e. The predicted octanol–water partition coefficient (Wildman–Crippen LogP) is 3.35. The van der Waals surface area contributed by atoms with Crippen molar-refractivity contribution in [2.45, 2.75) is 32.4 Å². The van der Waals surface area contributed by atoms with Crippen molar-refractivity contribution in [3.8, 4) is 18.1 Å². The van der Waals surface area contributed by atoms with E-state index < -0.39 is 6.61 Å². The van der Waals surface area contributed by atoms with Crippen LogP contribution >= 0.6 is 0 Å². The van der Waals surface area contributed by atoms with Gasteiger partial charge in [0.1, 0.15) is 5.75 Å². The Bertz CT molecular complexity index is 401. The molecule has 0 amide bonds. The predicted molar refractivity (Wildman–Crippen MR) is 67.6 cm³/mol. The van der Waals surface area contributed by atoms with E-state index in [1.807, 2.05) is 6.92 Å². The molecule has 1 rings (SSSR count). The van der Waals surface area contributed by atoms with Crippen LogP contribution in [-0.2, 0) is 0 Å². The number of nitrogens with one attached hydrogen (secondary N) is 1. The van der Waals surface area contributed by atoms with Crippen molar-refractivity contribution in [3.63, 3.8) is 0 Å². The third kappa shape index (κ3) is 4.72. The van der Waals surface area contributed by atoms with Gasteiger partial charge in [0.15, 0.2) is 0 Å². The first kappa shape index (κ1) is 14.5. The summed E-state index contributed by atoms with van der Waals surface area (Å²) in [7, 11) is 0. The first-order valence-electron chi connectivity index (χ1n) is 5.85. The molecule has 0 spiro atoms. The van der Waals surface area contributed by atoms with E-state index in [1.165, 1.54) is 0 Å². The maximum absolute atomic E-state index is 12.3. The molecule has 1 aromatic rings. The average molecular weight is 253 g/mol. The Morgan fingerprint density at radius 3 is 2.78 bits per heavy atom. The summed E-state index contributed by atoms with van der Waals surface area (Å²) in [6, 6.07) is 6.73. The zero-order valence-electron chi connectivity index (χ0n) is 10.3. The molecule has 0 aromatic heterocycles. The van der Waals surface area contributed by atoms with Gasteiger partial charge in [-0.15, -0.1) is 12.3 Å². The highest BCUT2D eigenvalue weighted by atomic mass is 19.3. The van der Waals surface area contributed by atoms with Crippen molar-refractivity contribution in [1.82, 2.24) is 5.32 Å². The summed E-state index contributed by atoms with van der Waals surface area (Å²) in [5, 5.41) is 3.23. The molecule has 0 saturated carbocycles. The number of hydrogen-bond donors (Lipinski definition) is 1. The second kappa shape index (κ2) is 7.67.